The quantitative estimate of drug-likeness (QED) is 0.504. The molecule has 0 aliphatic carbocycles. The molecule has 114 valence electrons. The van der Waals surface area contributed by atoms with E-state index in [2.05, 4.69) is 0 Å². The molecule has 1 unspecified atom stereocenters. The minimum Gasteiger partial charge on any atom is -0.380 e. The molecule has 0 bridgehead atoms. The predicted octanol–water partition coefficient (Wildman–Crippen LogP) is 1.54. The van der Waals surface area contributed by atoms with E-state index in [1.165, 1.54) is 4.31 Å². The highest BCUT2D eigenvalue weighted by Crippen LogP contribution is 2.21. The number of piperidine rings is 1. The Labute approximate surface area is 122 Å². The Morgan fingerprint density at radius 3 is 2.74 bits per heavy atom. The third kappa shape index (κ3) is 4.86. The summed E-state index contributed by atoms with van der Waals surface area (Å²) in [6, 6.07) is 0. The Morgan fingerprint density at radius 2 is 2.16 bits per heavy atom. The van der Waals surface area contributed by atoms with Crippen molar-refractivity contribution in [2.75, 3.05) is 45.3 Å². The zero-order valence-electron chi connectivity index (χ0n) is 11.8. The highest BCUT2D eigenvalue weighted by Gasteiger charge is 2.32. The van der Waals surface area contributed by atoms with Crippen LogP contribution in [0.25, 0.3) is 0 Å². The lowest BCUT2D eigenvalue weighted by atomic mass is 10.0. The van der Waals surface area contributed by atoms with Gasteiger partial charge in [-0.3, -0.25) is 0 Å². The van der Waals surface area contributed by atoms with E-state index in [9.17, 15) is 8.42 Å². The van der Waals surface area contributed by atoms with Gasteiger partial charge in [0.05, 0.1) is 6.61 Å². The summed E-state index contributed by atoms with van der Waals surface area (Å²) in [5.41, 5.74) is 0. The second-order valence-electron chi connectivity index (χ2n) is 4.72. The maximum absolute atomic E-state index is 12.5. The summed E-state index contributed by atoms with van der Waals surface area (Å²) in [6.07, 6.45) is 1.90. The molecule has 0 aromatic rings. The summed E-state index contributed by atoms with van der Waals surface area (Å²) in [5.74, 6) is 0.799. The van der Waals surface area contributed by atoms with Crippen LogP contribution >= 0.6 is 11.6 Å². The summed E-state index contributed by atoms with van der Waals surface area (Å²) in [5, 5.41) is 0. The molecule has 1 heterocycles. The van der Waals surface area contributed by atoms with Crippen LogP contribution in [0.4, 0.5) is 0 Å². The van der Waals surface area contributed by atoms with Crippen LogP contribution in [0.5, 0.6) is 0 Å². The summed E-state index contributed by atoms with van der Waals surface area (Å²) in [6.45, 7) is 6.82. The molecule has 1 fully saturated rings. The SMILES string of the molecule is CCOCCN(CC)S(=O)(=O)N1CCCC(CCl)C1. The summed E-state index contributed by atoms with van der Waals surface area (Å²) >= 11 is 5.86. The van der Waals surface area contributed by atoms with Crippen LogP contribution in [0.2, 0.25) is 0 Å². The molecule has 1 atom stereocenters. The van der Waals surface area contributed by atoms with E-state index in [-0.39, 0.29) is 5.92 Å². The van der Waals surface area contributed by atoms with Gasteiger partial charge in [-0.2, -0.15) is 17.0 Å². The van der Waals surface area contributed by atoms with Crippen LogP contribution in [0.1, 0.15) is 26.7 Å². The normalized spacial score (nSPS) is 22.0. The van der Waals surface area contributed by atoms with Gasteiger partial charge in [-0.1, -0.05) is 6.92 Å². The molecule has 0 amide bonds. The molecule has 0 aromatic carbocycles. The summed E-state index contributed by atoms with van der Waals surface area (Å²) in [7, 11) is -3.37. The molecule has 1 aliphatic heterocycles. The monoisotopic (exact) mass is 312 g/mol. The molecule has 0 radical (unpaired) electrons. The van der Waals surface area contributed by atoms with Crippen LogP contribution in [0.3, 0.4) is 0 Å². The molecule has 0 N–H and O–H groups in total. The molecule has 1 aliphatic rings. The van der Waals surface area contributed by atoms with Crippen LogP contribution in [-0.4, -0.2) is 62.3 Å². The van der Waals surface area contributed by atoms with Gasteiger partial charge in [0.2, 0.25) is 0 Å². The first-order chi connectivity index (χ1) is 9.06. The van der Waals surface area contributed by atoms with Crippen molar-refractivity contribution in [2.45, 2.75) is 26.7 Å². The van der Waals surface area contributed by atoms with Gasteiger partial charge in [-0.25, -0.2) is 0 Å². The number of nitrogens with zero attached hydrogens (tertiary/aromatic N) is 2. The first-order valence-corrected chi connectivity index (χ1v) is 8.88. The first kappa shape index (κ1) is 17.2. The first-order valence-electron chi connectivity index (χ1n) is 6.95. The maximum atomic E-state index is 12.5. The highest BCUT2D eigenvalue weighted by molar-refractivity contribution is 7.86. The van der Waals surface area contributed by atoms with Gasteiger partial charge in [0.15, 0.2) is 0 Å². The van der Waals surface area contributed by atoms with Crippen molar-refractivity contribution >= 4 is 21.8 Å². The number of ether oxygens (including phenoxy) is 1. The molecule has 1 saturated heterocycles. The Morgan fingerprint density at radius 1 is 1.42 bits per heavy atom. The fourth-order valence-electron chi connectivity index (χ4n) is 2.27. The minimum atomic E-state index is -3.37. The Bertz CT molecular complexity index is 351. The molecule has 0 saturated carbocycles. The lowest BCUT2D eigenvalue weighted by Gasteiger charge is -2.34. The van der Waals surface area contributed by atoms with Crippen molar-refractivity contribution < 1.29 is 13.2 Å². The van der Waals surface area contributed by atoms with Crippen molar-refractivity contribution in [1.82, 2.24) is 8.61 Å². The Hall–Kier alpha value is 0.120. The van der Waals surface area contributed by atoms with Gasteiger partial charge < -0.3 is 4.74 Å². The van der Waals surface area contributed by atoms with Crippen LogP contribution in [-0.2, 0) is 14.9 Å². The number of hydrogen-bond donors (Lipinski definition) is 0. The van der Waals surface area contributed by atoms with E-state index in [1.807, 2.05) is 13.8 Å². The third-order valence-corrected chi connectivity index (χ3v) is 5.91. The predicted molar refractivity (Wildman–Crippen MR) is 77.7 cm³/mol. The van der Waals surface area contributed by atoms with Crippen LogP contribution in [0, 0.1) is 5.92 Å². The standard InChI is InChI=1S/C12H25ClN2O3S/c1-3-14(8-9-18-4-2)19(16,17)15-7-5-6-12(10-13)11-15/h12H,3-11H2,1-2H3. The molecular formula is C12H25ClN2O3S. The van der Waals surface area contributed by atoms with E-state index in [1.54, 1.807) is 4.31 Å². The Kier molecular flexibility index (Phi) is 7.61. The fourth-order valence-corrected chi connectivity index (χ4v) is 4.24. The topological polar surface area (TPSA) is 49.9 Å². The largest absolute Gasteiger partial charge is 0.380 e. The van der Waals surface area contributed by atoms with Crippen molar-refractivity contribution in [3.05, 3.63) is 0 Å². The minimum absolute atomic E-state index is 0.274. The summed E-state index contributed by atoms with van der Waals surface area (Å²) < 4.78 is 33.4. The van der Waals surface area contributed by atoms with Crippen molar-refractivity contribution in [3.63, 3.8) is 0 Å². The number of likely N-dealkylation sites (N-methyl/N-ethyl adjacent to an activating group) is 1. The molecule has 1 rings (SSSR count). The molecular weight excluding hydrogens is 288 g/mol. The molecule has 0 aromatic heterocycles. The van der Waals surface area contributed by atoms with Crippen LogP contribution in [0.15, 0.2) is 0 Å². The zero-order chi connectivity index (χ0) is 14.3. The van der Waals surface area contributed by atoms with Crippen LogP contribution < -0.4 is 0 Å². The van der Waals surface area contributed by atoms with Gasteiger partial charge in [-0.15, -0.1) is 11.6 Å². The van der Waals surface area contributed by atoms with Gasteiger partial charge in [0, 0.05) is 38.7 Å². The number of halogens is 1. The van der Waals surface area contributed by atoms with Crippen molar-refractivity contribution in [2.24, 2.45) is 5.92 Å². The third-order valence-electron chi connectivity index (χ3n) is 3.39. The van der Waals surface area contributed by atoms with Crippen molar-refractivity contribution in [1.29, 1.82) is 0 Å². The smallest absolute Gasteiger partial charge is 0.282 e. The van der Waals surface area contributed by atoms with E-state index in [0.29, 0.717) is 45.3 Å². The number of alkyl halides is 1. The number of hydrogen-bond acceptors (Lipinski definition) is 3. The van der Waals surface area contributed by atoms with E-state index in [4.69, 9.17) is 16.3 Å². The molecule has 19 heavy (non-hydrogen) atoms. The van der Waals surface area contributed by atoms with Gasteiger partial charge in [0.25, 0.3) is 10.2 Å². The molecule has 7 heteroatoms. The van der Waals surface area contributed by atoms with E-state index < -0.39 is 10.2 Å². The zero-order valence-corrected chi connectivity index (χ0v) is 13.4. The number of rotatable bonds is 8. The fraction of sp³-hybridized carbons (Fsp3) is 1.00. The molecule has 5 nitrogen and oxygen atoms in total. The average Bonchev–Trinajstić information content (AvgIpc) is 2.43. The molecule has 0 spiro atoms. The highest BCUT2D eigenvalue weighted by atomic mass is 35.5. The lowest BCUT2D eigenvalue weighted by Crippen LogP contribution is -2.49. The average molecular weight is 313 g/mol. The van der Waals surface area contributed by atoms with Gasteiger partial charge in [-0.05, 0) is 25.7 Å². The second kappa shape index (κ2) is 8.42. The lowest BCUT2D eigenvalue weighted by molar-refractivity contribution is 0.133. The summed E-state index contributed by atoms with van der Waals surface area (Å²) in [4.78, 5) is 0. The van der Waals surface area contributed by atoms with E-state index >= 15 is 0 Å². The van der Waals surface area contributed by atoms with Crippen molar-refractivity contribution in [3.8, 4) is 0 Å². The maximum Gasteiger partial charge on any atom is 0.282 e. The van der Waals surface area contributed by atoms with Gasteiger partial charge >= 0.3 is 0 Å². The van der Waals surface area contributed by atoms with E-state index in [0.717, 1.165) is 12.8 Å². The van der Waals surface area contributed by atoms with Gasteiger partial charge in [0.1, 0.15) is 0 Å². The second-order valence-corrected chi connectivity index (χ2v) is 6.95. The Balaban J connectivity index is 2.65.